The molecule has 1 aromatic heterocycles. The van der Waals surface area contributed by atoms with E-state index in [1.165, 1.54) is 0 Å². The van der Waals surface area contributed by atoms with Gasteiger partial charge < -0.3 is 4.52 Å². The van der Waals surface area contributed by atoms with Gasteiger partial charge in [0.05, 0.1) is 4.90 Å². The minimum atomic E-state index is -3.56. The Bertz CT molecular complexity index is 908. The molecule has 140 valence electrons. The van der Waals surface area contributed by atoms with E-state index < -0.39 is 10.0 Å². The predicted octanol–water partition coefficient (Wildman–Crippen LogP) is 3.55. The first-order valence-corrected chi connectivity index (χ1v) is 10.8. The summed E-state index contributed by atoms with van der Waals surface area (Å²) >= 11 is 6.12. The Kier molecular flexibility index (Phi) is 4.79. The van der Waals surface area contributed by atoms with Crippen LogP contribution in [-0.2, 0) is 16.4 Å². The molecule has 2 fully saturated rings. The van der Waals surface area contributed by atoms with Crippen molar-refractivity contribution in [2.24, 2.45) is 5.92 Å². The van der Waals surface area contributed by atoms with E-state index in [2.05, 4.69) is 10.1 Å². The molecule has 2 aromatic rings. The van der Waals surface area contributed by atoms with Gasteiger partial charge in [-0.3, -0.25) is 0 Å². The highest BCUT2D eigenvalue weighted by atomic mass is 35.5. The lowest BCUT2D eigenvalue weighted by Crippen LogP contribution is -2.40. The largest absolute Gasteiger partial charge is 0.339 e. The molecule has 1 saturated heterocycles. The molecule has 0 bridgehead atoms. The SMILES string of the molecule is Cc1c(Cl)cccc1S(=O)(=O)N1CCCC(Cc2nc(C3CC3)no2)C1. The maximum absolute atomic E-state index is 13.1. The molecule has 1 aromatic carbocycles. The second-order valence-corrected chi connectivity index (χ2v) is 9.57. The van der Waals surface area contributed by atoms with Crippen molar-refractivity contribution < 1.29 is 12.9 Å². The van der Waals surface area contributed by atoms with Crippen molar-refractivity contribution in [3.63, 3.8) is 0 Å². The van der Waals surface area contributed by atoms with Crippen molar-refractivity contribution in [1.29, 1.82) is 0 Å². The molecule has 26 heavy (non-hydrogen) atoms. The van der Waals surface area contributed by atoms with Crippen LogP contribution in [-0.4, -0.2) is 36.0 Å². The smallest absolute Gasteiger partial charge is 0.243 e. The van der Waals surface area contributed by atoms with Crippen LogP contribution in [0.4, 0.5) is 0 Å². The molecule has 6 nitrogen and oxygen atoms in total. The van der Waals surface area contributed by atoms with Gasteiger partial charge in [-0.2, -0.15) is 9.29 Å². The summed E-state index contributed by atoms with van der Waals surface area (Å²) in [4.78, 5) is 4.77. The highest BCUT2D eigenvalue weighted by molar-refractivity contribution is 7.89. The lowest BCUT2D eigenvalue weighted by atomic mass is 9.96. The fourth-order valence-electron chi connectivity index (χ4n) is 3.52. The summed E-state index contributed by atoms with van der Waals surface area (Å²) in [6, 6.07) is 5.02. The number of piperidine rings is 1. The summed E-state index contributed by atoms with van der Waals surface area (Å²) in [5, 5.41) is 4.52. The molecule has 0 N–H and O–H groups in total. The number of hydrogen-bond acceptors (Lipinski definition) is 5. The monoisotopic (exact) mass is 395 g/mol. The van der Waals surface area contributed by atoms with Crippen molar-refractivity contribution in [1.82, 2.24) is 14.4 Å². The Balaban J connectivity index is 1.49. The quantitative estimate of drug-likeness (QED) is 0.773. The predicted molar refractivity (Wildman–Crippen MR) is 97.6 cm³/mol. The molecule has 2 heterocycles. The zero-order chi connectivity index (χ0) is 18.3. The van der Waals surface area contributed by atoms with Gasteiger partial charge in [-0.25, -0.2) is 8.42 Å². The van der Waals surface area contributed by atoms with E-state index in [0.717, 1.165) is 31.5 Å². The first kappa shape index (κ1) is 17.9. The van der Waals surface area contributed by atoms with Crippen LogP contribution in [0, 0.1) is 12.8 Å². The Hall–Kier alpha value is -1.44. The average molecular weight is 396 g/mol. The minimum absolute atomic E-state index is 0.186. The fourth-order valence-corrected chi connectivity index (χ4v) is 5.56. The van der Waals surface area contributed by atoms with Crippen LogP contribution in [0.5, 0.6) is 0 Å². The molecule has 1 unspecified atom stereocenters. The summed E-state index contributed by atoms with van der Waals surface area (Å²) in [6.07, 6.45) is 4.68. The van der Waals surface area contributed by atoms with E-state index in [1.807, 2.05) is 0 Å². The molecule has 1 saturated carbocycles. The zero-order valence-electron chi connectivity index (χ0n) is 14.7. The van der Waals surface area contributed by atoms with Crippen LogP contribution < -0.4 is 0 Å². The van der Waals surface area contributed by atoms with Crippen molar-refractivity contribution in [3.8, 4) is 0 Å². The maximum atomic E-state index is 13.1. The van der Waals surface area contributed by atoms with Crippen molar-refractivity contribution >= 4 is 21.6 Å². The first-order chi connectivity index (χ1) is 12.4. The third-order valence-electron chi connectivity index (χ3n) is 5.21. The molecule has 8 heteroatoms. The third-order valence-corrected chi connectivity index (χ3v) is 7.63. The van der Waals surface area contributed by atoms with Gasteiger partial charge in [-0.05, 0) is 56.2 Å². The minimum Gasteiger partial charge on any atom is -0.339 e. The van der Waals surface area contributed by atoms with Gasteiger partial charge in [0.25, 0.3) is 0 Å². The Labute approximate surface area is 158 Å². The van der Waals surface area contributed by atoms with E-state index in [4.69, 9.17) is 16.1 Å². The summed E-state index contributed by atoms with van der Waals surface area (Å²) < 4.78 is 33.1. The molecular weight excluding hydrogens is 374 g/mol. The number of sulfonamides is 1. The summed E-state index contributed by atoms with van der Waals surface area (Å²) in [7, 11) is -3.56. The molecule has 0 amide bonds. The maximum Gasteiger partial charge on any atom is 0.243 e. The van der Waals surface area contributed by atoms with E-state index in [-0.39, 0.29) is 5.92 Å². The zero-order valence-corrected chi connectivity index (χ0v) is 16.3. The average Bonchev–Trinajstić information content (AvgIpc) is 3.37. The van der Waals surface area contributed by atoms with Gasteiger partial charge in [-0.15, -0.1) is 0 Å². The van der Waals surface area contributed by atoms with Crippen LogP contribution in [0.3, 0.4) is 0 Å². The summed E-state index contributed by atoms with van der Waals surface area (Å²) in [5.41, 5.74) is 0.599. The molecular formula is C18H22ClN3O3S. The second kappa shape index (κ2) is 6.94. The van der Waals surface area contributed by atoms with Crippen LogP contribution in [0.1, 0.15) is 48.9 Å². The van der Waals surface area contributed by atoms with Crippen LogP contribution >= 0.6 is 11.6 Å². The lowest BCUT2D eigenvalue weighted by molar-refractivity contribution is 0.246. The molecule has 2 aliphatic rings. The van der Waals surface area contributed by atoms with Gasteiger partial charge in [-0.1, -0.05) is 22.8 Å². The van der Waals surface area contributed by atoms with Gasteiger partial charge in [0.2, 0.25) is 15.9 Å². The highest BCUT2D eigenvalue weighted by Crippen LogP contribution is 2.38. The standard InChI is InChI=1S/C18H22ClN3O3S/c1-12-15(19)5-2-6-16(12)26(23,24)22-9-3-4-13(11-22)10-17-20-18(21-25-17)14-7-8-14/h2,5-6,13-14H,3-4,7-11H2,1H3. The van der Waals surface area contributed by atoms with Crippen LogP contribution in [0.25, 0.3) is 0 Å². The summed E-state index contributed by atoms with van der Waals surface area (Å²) in [5.74, 6) is 2.07. The lowest BCUT2D eigenvalue weighted by Gasteiger charge is -2.31. The van der Waals surface area contributed by atoms with Gasteiger partial charge in [0, 0.05) is 30.5 Å². The topological polar surface area (TPSA) is 76.3 Å². The molecule has 1 aliphatic carbocycles. The van der Waals surface area contributed by atoms with E-state index in [9.17, 15) is 8.42 Å². The van der Waals surface area contributed by atoms with Crippen LogP contribution in [0.15, 0.2) is 27.6 Å². The molecule has 4 rings (SSSR count). The number of benzene rings is 1. The van der Waals surface area contributed by atoms with Crippen molar-refractivity contribution in [2.45, 2.75) is 49.8 Å². The first-order valence-electron chi connectivity index (χ1n) is 9.03. The number of rotatable bonds is 5. The number of hydrogen-bond donors (Lipinski definition) is 0. The summed E-state index contributed by atoms with van der Waals surface area (Å²) in [6.45, 7) is 2.74. The second-order valence-electron chi connectivity index (χ2n) is 7.26. The molecule has 0 spiro atoms. The molecule has 0 radical (unpaired) electrons. The normalized spacial score (nSPS) is 21.8. The fraction of sp³-hybridized carbons (Fsp3) is 0.556. The van der Waals surface area contributed by atoms with Crippen LogP contribution in [0.2, 0.25) is 5.02 Å². The van der Waals surface area contributed by atoms with E-state index in [0.29, 0.717) is 46.8 Å². The van der Waals surface area contributed by atoms with Gasteiger partial charge >= 0.3 is 0 Å². The highest BCUT2D eigenvalue weighted by Gasteiger charge is 2.33. The Morgan fingerprint density at radius 3 is 2.88 bits per heavy atom. The Morgan fingerprint density at radius 2 is 2.12 bits per heavy atom. The third kappa shape index (κ3) is 3.52. The molecule has 1 aliphatic heterocycles. The number of aromatic nitrogens is 2. The van der Waals surface area contributed by atoms with E-state index in [1.54, 1.807) is 29.4 Å². The van der Waals surface area contributed by atoms with Crippen molar-refractivity contribution in [3.05, 3.63) is 40.5 Å². The van der Waals surface area contributed by atoms with E-state index >= 15 is 0 Å². The number of nitrogens with zero attached hydrogens (tertiary/aromatic N) is 3. The van der Waals surface area contributed by atoms with Gasteiger partial charge in [0.1, 0.15) is 0 Å². The molecule has 1 atom stereocenters. The van der Waals surface area contributed by atoms with Gasteiger partial charge in [0.15, 0.2) is 5.82 Å². The number of halogens is 1. The Morgan fingerprint density at radius 1 is 1.31 bits per heavy atom. The van der Waals surface area contributed by atoms with Crippen molar-refractivity contribution in [2.75, 3.05) is 13.1 Å².